The van der Waals surface area contributed by atoms with Gasteiger partial charge in [0.2, 0.25) is 0 Å². The molecule has 2 atom stereocenters. The molecule has 174 valence electrons. The molecule has 1 aliphatic heterocycles. The topological polar surface area (TPSA) is 66.9 Å². The van der Waals surface area contributed by atoms with E-state index in [4.69, 9.17) is 9.47 Å². The lowest BCUT2D eigenvalue weighted by atomic mass is 9.88. The lowest BCUT2D eigenvalue weighted by Gasteiger charge is -2.41. The molecule has 6 nitrogen and oxygen atoms in total. The second-order valence-corrected chi connectivity index (χ2v) is 8.36. The number of hydrogen-bond donors (Lipinski definition) is 3. The molecule has 3 N–H and O–H groups in total. The molecular formula is C25H35FN4O2. The number of rotatable bonds is 8. The Balaban J connectivity index is 1.64. The number of nitrogens with one attached hydrogen (secondary N) is 3. The Morgan fingerprint density at radius 3 is 2.44 bits per heavy atom. The minimum Gasteiger partial charge on any atom is -0.494 e. The Bertz CT molecular complexity index is 885. The van der Waals surface area contributed by atoms with Crippen LogP contribution in [0, 0.1) is 5.82 Å². The molecule has 0 radical (unpaired) electrons. The number of halogens is 1. The molecule has 1 saturated heterocycles. The Hall–Kier alpha value is -2.64. The highest BCUT2D eigenvalue weighted by molar-refractivity contribution is 5.80. The van der Waals surface area contributed by atoms with Crippen LogP contribution in [0.5, 0.6) is 5.75 Å². The number of aliphatic imine (C=N–C) groups is 1. The van der Waals surface area contributed by atoms with Crippen LogP contribution in [0.25, 0.3) is 0 Å². The summed E-state index contributed by atoms with van der Waals surface area (Å²) in [5, 5.41) is 10.7. The number of benzene rings is 2. The fraction of sp³-hybridized carbons (Fsp3) is 0.480. The Morgan fingerprint density at radius 1 is 1.09 bits per heavy atom. The van der Waals surface area contributed by atoms with Gasteiger partial charge in [-0.1, -0.05) is 36.4 Å². The smallest absolute Gasteiger partial charge is 0.191 e. The Morgan fingerprint density at radius 2 is 1.81 bits per heavy atom. The average Bonchev–Trinajstić information content (AvgIpc) is 2.82. The molecule has 1 fully saturated rings. The third-order valence-electron chi connectivity index (χ3n) is 6.12. The van der Waals surface area contributed by atoms with Crippen molar-refractivity contribution < 1.29 is 13.9 Å². The molecule has 0 aliphatic carbocycles. The molecule has 2 aromatic carbocycles. The lowest BCUT2D eigenvalue weighted by molar-refractivity contribution is 0.0354. The first-order chi connectivity index (χ1) is 15.5. The van der Waals surface area contributed by atoms with E-state index in [0.717, 1.165) is 31.6 Å². The normalized spacial score (nSPS) is 18.0. The second kappa shape index (κ2) is 11.3. The van der Waals surface area contributed by atoms with Crippen LogP contribution >= 0.6 is 0 Å². The van der Waals surface area contributed by atoms with Gasteiger partial charge in [-0.3, -0.25) is 4.99 Å². The Kier molecular flexibility index (Phi) is 8.47. The summed E-state index contributed by atoms with van der Waals surface area (Å²) in [6, 6.07) is 15.6. The van der Waals surface area contributed by atoms with Crippen molar-refractivity contribution >= 4 is 5.96 Å². The minimum absolute atomic E-state index is 0.111. The molecule has 7 heteroatoms. The van der Waals surface area contributed by atoms with E-state index in [1.165, 1.54) is 18.7 Å². The molecule has 0 saturated carbocycles. The van der Waals surface area contributed by atoms with E-state index >= 15 is 0 Å². The number of ether oxygens (including phenoxy) is 2. The van der Waals surface area contributed by atoms with Crippen LogP contribution in [0.3, 0.4) is 0 Å². The van der Waals surface area contributed by atoms with Gasteiger partial charge in [0.05, 0.1) is 13.2 Å². The van der Waals surface area contributed by atoms with Crippen molar-refractivity contribution in [3.8, 4) is 5.75 Å². The van der Waals surface area contributed by atoms with Gasteiger partial charge >= 0.3 is 0 Å². The summed E-state index contributed by atoms with van der Waals surface area (Å²) in [6.07, 6.45) is 1.82. The fourth-order valence-electron chi connectivity index (χ4n) is 4.11. The zero-order valence-corrected chi connectivity index (χ0v) is 19.5. The maximum Gasteiger partial charge on any atom is 0.191 e. The van der Waals surface area contributed by atoms with E-state index in [1.54, 1.807) is 13.1 Å². The molecule has 32 heavy (non-hydrogen) atoms. The summed E-state index contributed by atoms with van der Waals surface area (Å²) in [4.78, 5) is 4.38. The molecule has 1 heterocycles. The zero-order valence-electron chi connectivity index (χ0n) is 19.5. The largest absolute Gasteiger partial charge is 0.494 e. The van der Waals surface area contributed by atoms with Gasteiger partial charge in [0.25, 0.3) is 0 Å². The van der Waals surface area contributed by atoms with Crippen molar-refractivity contribution in [3.05, 3.63) is 65.5 Å². The number of methoxy groups -OCH3 is 1. The monoisotopic (exact) mass is 442 g/mol. The van der Waals surface area contributed by atoms with E-state index in [0.29, 0.717) is 12.5 Å². The van der Waals surface area contributed by atoms with Crippen molar-refractivity contribution in [1.82, 2.24) is 16.0 Å². The summed E-state index contributed by atoms with van der Waals surface area (Å²) in [5.41, 5.74) is 1.97. The predicted octanol–water partition coefficient (Wildman–Crippen LogP) is 3.96. The standard InChI is InChI=1S/C25H35FN4O2/c1-18(21-10-11-23(31-4)22(26)16-21)29-24(27-3)28-17-25(12-14-32-15-13-25)30-19(2)20-8-6-5-7-9-20/h5-11,16,18-19,30H,12-15,17H2,1-4H3,(H2,27,28,29). The first-order valence-corrected chi connectivity index (χ1v) is 11.2. The van der Waals surface area contributed by atoms with Gasteiger partial charge in [0, 0.05) is 38.4 Å². The summed E-state index contributed by atoms with van der Waals surface area (Å²) in [6.45, 7) is 6.33. The zero-order chi connectivity index (χ0) is 23.0. The molecule has 0 amide bonds. The summed E-state index contributed by atoms with van der Waals surface area (Å²) >= 11 is 0. The molecule has 3 rings (SSSR count). The van der Waals surface area contributed by atoms with E-state index in [-0.39, 0.29) is 29.2 Å². The van der Waals surface area contributed by atoms with E-state index in [9.17, 15) is 4.39 Å². The summed E-state index contributed by atoms with van der Waals surface area (Å²) < 4.78 is 24.8. The van der Waals surface area contributed by atoms with Crippen LogP contribution in [0.2, 0.25) is 0 Å². The highest BCUT2D eigenvalue weighted by atomic mass is 19.1. The van der Waals surface area contributed by atoms with Crippen LogP contribution in [0.4, 0.5) is 4.39 Å². The second-order valence-electron chi connectivity index (χ2n) is 8.36. The van der Waals surface area contributed by atoms with Gasteiger partial charge < -0.3 is 25.4 Å². The minimum atomic E-state index is -0.373. The SMILES string of the molecule is CN=C(NCC1(NC(C)c2ccccc2)CCOCC1)NC(C)c1ccc(OC)c(F)c1. The highest BCUT2D eigenvalue weighted by Crippen LogP contribution is 2.25. The van der Waals surface area contributed by atoms with Crippen molar-refractivity contribution in [3.63, 3.8) is 0 Å². The lowest BCUT2D eigenvalue weighted by Crippen LogP contribution is -2.58. The number of hydrogen-bond acceptors (Lipinski definition) is 4. The van der Waals surface area contributed by atoms with Gasteiger partial charge in [-0.05, 0) is 49.9 Å². The number of guanidine groups is 1. The molecule has 2 aromatic rings. The van der Waals surface area contributed by atoms with Crippen molar-refractivity contribution in [2.75, 3.05) is 33.9 Å². The Labute approximate surface area is 190 Å². The fourth-order valence-corrected chi connectivity index (χ4v) is 4.11. The maximum atomic E-state index is 14.1. The van der Waals surface area contributed by atoms with Gasteiger partial charge in [-0.25, -0.2) is 4.39 Å². The van der Waals surface area contributed by atoms with Crippen molar-refractivity contribution in [2.45, 2.75) is 44.3 Å². The van der Waals surface area contributed by atoms with Gasteiger partial charge in [0.15, 0.2) is 17.5 Å². The van der Waals surface area contributed by atoms with Crippen molar-refractivity contribution in [1.29, 1.82) is 0 Å². The van der Waals surface area contributed by atoms with E-state index < -0.39 is 0 Å². The van der Waals surface area contributed by atoms with E-state index in [2.05, 4.69) is 52.1 Å². The molecule has 0 aromatic heterocycles. The molecular weight excluding hydrogens is 407 g/mol. The molecule has 0 spiro atoms. The first-order valence-electron chi connectivity index (χ1n) is 11.2. The van der Waals surface area contributed by atoms with Crippen LogP contribution in [0.15, 0.2) is 53.5 Å². The van der Waals surface area contributed by atoms with Crippen LogP contribution < -0.4 is 20.7 Å². The number of nitrogens with zero attached hydrogens (tertiary/aromatic N) is 1. The van der Waals surface area contributed by atoms with Crippen LogP contribution in [0.1, 0.15) is 49.9 Å². The summed E-state index contributed by atoms with van der Waals surface area (Å²) in [7, 11) is 3.21. The average molecular weight is 443 g/mol. The molecule has 0 bridgehead atoms. The third-order valence-corrected chi connectivity index (χ3v) is 6.12. The van der Waals surface area contributed by atoms with Gasteiger partial charge in [-0.15, -0.1) is 0 Å². The first kappa shape index (κ1) is 24.0. The van der Waals surface area contributed by atoms with Gasteiger partial charge in [-0.2, -0.15) is 0 Å². The molecule has 1 aliphatic rings. The highest BCUT2D eigenvalue weighted by Gasteiger charge is 2.34. The predicted molar refractivity (Wildman–Crippen MR) is 127 cm³/mol. The third kappa shape index (κ3) is 6.20. The maximum absolute atomic E-state index is 14.1. The van der Waals surface area contributed by atoms with Crippen LogP contribution in [-0.4, -0.2) is 45.4 Å². The van der Waals surface area contributed by atoms with Crippen molar-refractivity contribution in [2.24, 2.45) is 4.99 Å². The molecule has 2 unspecified atom stereocenters. The van der Waals surface area contributed by atoms with Gasteiger partial charge in [0.1, 0.15) is 0 Å². The summed E-state index contributed by atoms with van der Waals surface area (Å²) in [5.74, 6) is 0.541. The van der Waals surface area contributed by atoms with Crippen LogP contribution in [-0.2, 0) is 4.74 Å². The van der Waals surface area contributed by atoms with E-state index in [1.807, 2.05) is 19.1 Å². The quantitative estimate of drug-likeness (QED) is 0.427.